The minimum Gasteiger partial charge on any atom is -0.338 e. The molecule has 2 rings (SSSR count). The van der Waals surface area contributed by atoms with Crippen LogP contribution in [-0.2, 0) is 6.54 Å². The summed E-state index contributed by atoms with van der Waals surface area (Å²) in [7, 11) is 0. The van der Waals surface area contributed by atoms with E-state index in [0.29, 0.717) is 29.7 Å². The zero-order valence-corrected chi connectivity index (χ0v) is 12.0. The predicted molar refractivity (Wildman–Crippen MR) is 71.1 cm³/mol. The molecule has 1 N–H and O–H groups in total. The Labute approximate surface area is 110 Å². The maximum Gasteiger partial charge on any atom is 0.240 e. The van der Waals surface area contributed by atoms with Crippen molar-refractivity contribution in [1.29, 1.82) is 0 Å². The van der Waals surface area contributed by atoms with Crippen LogP contribution in [0.1, 0.15) is 58.2 Å². The molecular formula is C14H25N3O. The van der Waals surface area contributed by atoms with Crippen molar-refractivity contribution in [2.75, 3.05) is 0 Å². The van der Waals surface area contributed by atoms with Crippen LogP contribution in [-0.4, -0.2) is 16.2 Å². The fourth-order valence-corrected chi connectivity index (χ4v) is 2.81. The largest absolute Gasteiger partial charge is 0.338 e. The molecule has 1 saturated carbocycles. The SMILES string of the molecule is Cc1noc(CNC2CCC(C(C)(C)C)CC2)n1. The molecule has 0 bridgehead atoms. The van der Waals surface area contributed by atoms with E-state index >= 15 is 0 Å². The minimum atomic E-state index is 0.453. The molecule has 0 aliphatic heterocycles. The first-order valence-corrected chi connectivity index (χ1v) is 6.97. The van der Waals surface area contributed by atoms with Gasteiger partial charge in [0.1, 0.15) is 0 Å². The molecule has 0 atom stereocenters. The van der Waals surface area contributed by atoms with E-state index in [-0.39, 0.29) is 0 Å². The van der Waals surface area contributed by atoms with Crippen LogP contribution in [0.3, 0.4) is 0 Å². The quantitative estimate of drug-likeness (QED) is 0.897. The van der Waals surface area contributed by atoms with Crippen LogP contribution in [0.25, 0.3) is 0 Å². The number of aryl methyl sites for hydroxylation is 1. The van der Waals surface area contributed by atoms with Gasteiger partial charge in [-0.1, -0.05) is 25.9 Å². The Morgan fingerprint density at radius 2 is 1.89 bits per heavy atom. The van der Waals surface area contributed by atoms with Crippen molar-refractivity contribution >= 4 is 0 Å². The molecule has 1 aliphatic carbocycles. The maximum atomic E-state index is 5.11. The Morgan fingerprint density at radius 1 is 1.22 bits per heavy atom. The lowest BCUT2D eigenvalue weighted by Crippen LogP contribution is -2.35. The number of nitrogens with one attached hydrogen (secondary N) is 1. The Bertz CT molecular complexity index is 373. The summed E-state index contributed by atoms with van der Waals surface area (Å²) in [6, 6.07) is 0.607. The Hall–Kier alpha value is -0.900. The van der Waals surface area contributed by atoms with Crippen molar-refractivity contribution in [2.45, 2.75) is 66.0 Å². The van der Waals surface area contributed by atoms with Crippen molar-refractivity contribution in [3.63, 3.8) is 0 Å². The molecule has 0 amide bonds. The van der Waals surface area contributed by atoms with Crippen LogP contribution in [0.2, 0.25) is 0 Å². The number of nitrogens with zero attached hydrogens (tertiary/aromatic N) is 2. The summed E-state index contributed by atoms with van der Waals surface area (Å²) in [5, 5.41) is 7.33. The van der Waals surface area contributed by atoms with Crippen LogP contribution in [0.15, 0.2) is 4.52 Å². The second kappa shape index (κ2) is 5.39. The highest BCUT2D eigenvalue weighted by Gasteiger charge is 2.29. The van der Waals surface area contributed by atoms with E-state index in [1.54, 1.807) is 0 Å². The first kappa shape index (κ1) is 13.5. The summed E-state index contributed by atoms with van der Waals surface area (Å²) in [5.41, 5.74) is 0.453. The average molecular weight is 251 g/mol. The van der Waals surface area contributed by atoms with Gasteiger partial charge in [-0.25, -0.2) is 0 Å². The molecule has 0 radical (unpaired) electrons. The third-order valence-electron chi connectivity index (χ3n) is 4.06. The number of hydrogen-bond acceptors (Lipinski definition) is 4. The van der Waals surface area contributed by atoms with E-state index in [0.717, 1.165) is 5.92 Å². The highest BCUT2D eigenvalue weighted by atomic mass is 16.5. The number of aromatic nitrogens is 2. The lowest BCUT2D eigenvalue weighted by molar-refractivity contribution is 0.158. The standard InChI is InChI=1S/C14H25N3O/c1-10-16-13(18-17-10)9-15-12-7-5-11(6-8-12)14(2,3)4/h11-12,15H,5-9H2,1-4H3. The molecule has 102 valence electrons. The summed E-state index contributed by atoms with van der Waals surface area (Å²) >= 11 is 0. The van der Waals surface area contributed by atoms with E-state index in [2.05, 4.69) is 36.2 Å². The van der Waals surface area contributed by atoms with Crippen LogP contribution in [0.5, 0.6) is 0 Å². The fraction of sp³-hybridized carbons (Fsp3) is 0.857. The van der Waals surface area contributed by atoms with Gasteiger partial charge in [0.05, 0.1) is 6.54 Å². The van der Waals surface area contributed by atoms with Gasteiger partial charge in [0.2, 0.25) is 5.89 Å². The van der Waals surface area contributed by atoms with Gasteiger partial charge in [-0.3, -0.25) is 0 Å². The van der Waals surface area contributed by atoms with Crippen molar-refractivity contribution < 1.29 is 4.52 Å². The first-order chi connectivity index (χ1) is 8.45. The zero-order chi connectivity index (χ0) is 13.2. The summed E-state index contributed by atoms with van der Waals surface area (Å²) in [6.07, 6.45) is 5.16. The van der Waals surface area contributed by atoms with Gasteiger partial charge in [0, 0.05) is 6.04 Å². The Morgan fingerprint density at radius 3 is 2.39 bits per heavy atom. The molecule has 0 aromatic carbocycles. The summed E-state index contributed by atoms with van der Waals surface area (Å²) < 4.78 is 5.11. The van der Waals surface area contributed by atoms with Gasteiger partial charge < -0.3 is 9.84 Å². The highest BCUT2D eigenvalue weighted by molar-refractivity contribution is 4.86. The molecule has 18 heavy (non-hydrogen) atoms. The molecule has 4 heteroatoms. The van der Waals surface area contributed by atoms with Crippen molar-refractivity contribution in [2.24, 2.45) is 11.3 Å². The zero-order valence-electron chi connectivity index (χ0n) is 12.0. The summed E-state index contributed by atoms with van der Waals surface area (Å²) in [5.74, 6) is 2.27. The van der Waals surface area contributed by atoms with E-state index in [4.69, 9.17) is 4.52 Å². The molecule has 1 aromatic rings. The molecule has 1 fully saturated rings. The summed E-state index contributed by atoms with van der Waals surface area (Å²) in [4.78, 5) is 4.21. The first-order valence-electron chi connectivity index (χ1n) is 6.97. The van der Waals surface area contributed by atoms with E-state index < -0.39 is 0 Å². The number of hydrogen-bond donors (Lipinski definition) is 1. The van der Waals surface area contributed by atoms with Gasteiger partial charge in [0.15, 0.2) is 5.82 Å². The Balaban J connectivity index is 1.74. The van der Waals surface area contributed by atoms with Crippen LogP contribution < -0.4 is 5.32 Å². The molecule has 0 unspecified atom stereocenters. The minimum absolute atomic E-state index is 0.453. The third kappa shape index (κ3) is 3.55. The monoisotopic (exact) mass is 251 g/mol. The predicted octanol–water partition coefficient (Wildman–Crippen LogP) is 3.07. The van der Waals surface area contributed by atoms with Crippen LogP contribution >= 0.6 is 0 Å². The molecule has 4 nitrogen and oxygen atoms in total. The second-order valence-electron chi connectivity index (χ2n) is 6.53. The van der Waals surface area contributed by atoms with Crippen LogP contribution in [0.4, 0.5) is 0 Å². The molecular weight excluding hydrogens is 226 g/mol. The number of rotatable bonds is 3. The molecule has 0 saturated heterocycles. The van der Waals surface area contributed by atoms with Crippen molar-refractivity contribution in [3.05, 3.63) is 11.7 Å². The second-order valence-corrected chi connectivity index (χ2v) is 6.53. The molecule has 1 heterocycles. The summed E-state index contributed by atoms with van der Waals surface area (Å²) in [6.45, 7) is 9.61. The van der Waals surface area contributed by atoms with Crippen molar-refractivity contribution in [1.82, 2.24) is 15.5 Å². The smallest absolute Gasteiger partial charge is 0.240 e. The average Bonchev–Trinajstić information content (AvgIpc) is 2.72. The van der Waals surface area contributed by atoms with E-state index in [1.165, 1.54) is 25.7 Å². The van der Waals surface area contributed by atoms with Gasteiger partial charge >= 0.3 is 0 Å². The maximum absolute atomic E-state index is 5.11. The van der Waals surface area contributed by atoms with E-state index in [9.17, 15) is 0 Å². The third-order valence-corrected chi connectivity index (χ3v) is 4.06. The lowest BCUT2D eigenvalue weighted by Gasteiger charge is -2.37. The fourth-order valence-electron chi connectivity index (χ4n) is 2.81. The van der Waals surface area contributed by atoms with Gasteiger partial charge in [-0.05, 0) is 43.9 Å². The molecule has 1 aliphatic rings. The molecule has 1 aromatic heterocycles. The molecule has 0 spiro atoms. The van der Waals surface area contributed by atoms with Gasteiger partial charge in [-0.15, -0.1) is 0 Å². The lowest BCUT2D eigenvalue weighted by atomic mass is 9.71. The van der Waals surface area contributed by atoms with Crippen molar-refractivity contribution in [3.8, 4) is 0 Å². The topological polar surface area (TPSA) is 51.0 Å². The van der Waals surface area contributed by atoms with E-state index in [1.807, 2.05) is 6.92 Å². The van der Waals surface area contributed by atoms with Gasteiger partial charge in [0.25, 0.3) is 0 Å². The Kier molecular flexibility index (Phi) is 4.05. The highest BCUT2D eigenvalue weighted by Crippen LogP contribution is 2.37. The normalized spacial score (nSPS) is 25.3. The van der Waals surface area contributed by atoms with Gasteiger partial charge in [-0.2, -0.15) is 4.98 Å². The van der Waals surface area contributed by atoms with Crippen LogP contribution in [0, 0.1) is 18.3 Å².